The van der Waals surface area contributed by atoms with Crippen LogP contribution in [0.25, 0.3) is 0 Å². The van der Waals surface area contributed by atoms with E-state index in [1.54, 1.807) is 6.92 Å². The highest BCUT2D eigenvalue weighted by Crippen LogP contribution is 2.35. The molecule has 0 radical (unpaired) electrons. The van der Waals surface area contributed by atoms with Gasteiger partial charge < -0.3 is 30.6 Å². The standard InChI is InChI=1S/C30H46O6/c1-4-7-13-22-15-9-11-17-24(22)19-29(35,6-3)28(34)30(36,27(33)26(32)21-31)20-25-18-12-10-16-23(25)14-8-5-2/h9-12,15-18,26-28,31-36H,4-8,13-14,19-21H2,1-3H3/t26-,27+,28+,29?,30+/m0/s1. The molecular formula is C30H46O6. The molecule has 6 heteroatoms. The second-order valence-electron chi connectivity index (χ2n) is 10.1. The first-order chi connectivity index (χ1) is 17.2. The Morgan fingerprint density at radius 1 is 0.694 bits per heavy atom. The summed E-state index contributed by atoms with van der Waals surface area (Å²) in [6.07, 6.45) is 0.162. The van der Waals surface area contributed by atoms with Crippen molar-refractivity contribution in [2.45, 2.75) is 108 Å². The third-order valence-electron chi connectivity index (χ3n) is 7.46. The normalized spacial score (nSPS) is 17.7. The average molecular weight is 503 g/mol. The summed E-state index contributed by atoms with van der Waals surface area (Å²) in [4.78, 5) is 0. The largest absolute Gasteiger partial charge is 0.394 e. The second-order valence-corrected chi connectivity index (χ2v) is 10.1. The zero-order valence-electron chi connectivity index (χ0n) is 22.1. The zero-order valence-corrected chi connectivity index (χ0v) is 22.1. The molecule has 5 atom stereocenters. The lowest BCUT2D eigenvalue weighted by molar-refractivity contribution is -0.229. The van der Waals surface area contributed by atoms with E-state index in [9.17, 15) is 30.6 Å². The molecule has 6 nitrogen and oxygen atoms in total. The summed E-state index contributed by atoms with van der Waals surface area (Å²) in [6.45, 7) is 5.13. The van der Waals surface area contributed by atoms with Crippen molar-refractivity contribution in [1.82, 2.24) is 0 Å². The molecule has 2 aromatic carbocycles. The summed E-state index contributed by atoms with van der Waals surface area (Å²) in [5.74, 6) is 0. The first-order valence-electron chi connectivity index (χ1n) is 13.4. The number of unbranched alkanes of at least 4 members (excludes halogenated alkanes) is 2. The van der Waals surface area contributed by atoms with Crippen LogP contribution in [0.1, 0.15) is 75.1 Å². The molecule has 36 heavy (non-hydrogen) atoms. The molecule has 0 amide bonds. The van der Waals surface area contributed by atoms with Crippen LogP contribution in [0.2, 0.25) is 0 Å². The lowest BCUT2D eigenvalue weighted by Crippen LogP contribution is -2.66. The minimum Gasteiger partial charge on any atom is -0.394 e. The highest BCUT2D eigenvalue weighted by molar-refractivity contribution is 5.32. The molecule has 2 rings (SSSR count). The SMILES string of the molecule is CCCCc1ccccc1CC(O)(CC)[C@@H](O)[C@@](O)(Cc1ccccc1CCCC)[C@H](O)[C@@H](O)CO. The minimum atomic E-state index is -2.31. The van der Waals surface area contributed by atoms with Gasteiger partial charge >= 0.3 is 0 Å². The molecule has 0 heterocycles. The molecule has 0 saturated carbocycles. The van der Waals surface area contributed by atoms with E-state index in [2.05, 4.69) is 13.8 Å². The second kappa shape index (κ2) is 14.2. The smallest absolute Gasteiger partial charge is 0.126 e. The van der Waals surface area contributed by atoms with Gasteiger partial charge in [0, 0.05) is 12.8 Å². The molecule has 0 spiro atoms. The minimum absolute atomic E-state index is 0.0757. The van der Waals surface area contributed by atoms with Gasteiger partial charge in [0.2, 0.25) is 0 Å². The fraction of sp³-hybridized carbons (Fsp3) is 0.600. The number of aliphatic hydroxyl groups is 6. The third kappa shape index (κ3) is 7.37. The van der Waals surface area contributed by atoms with Crippen LogP contribution in [0.4, 0.5) is 0 Å². The van der Waals surface area contributed by atoms with Crippen LogP contribution >= 0.6 is 0 Å². The Bertz CT molecular complexity index is 918. The number of aliphatic hydroxyl groups excluding tert-OH is 4. The summed E-state index contributed by atoms with van der Waals surface area (Å²) in [7, 11) is 0. The van der Waals surface area contributed by atoms with Crippen LogP contribution in [-0.2, 0) is 25.7 Å². The van der Waals surface area contributed by atoms with Gasteiger partial charge in [-0.25, -0.2) is 0 Å². The van der Waals surface area contributed by atoms with Crippen LogP contribution in [0.3, 0.4) is 0 Å². The monoisotopic (exact) mass is 502 g/mol. The van der Waals surface area contributed by atoms with E-state index in [4.69, 9.17) is 0 Å². The fourth-order valence-electron chi connectivity index (χ4n) is 4.99. The Labute approximate surface area is 216 Å². The number of hydrogen-bond acceptors (Lipinski definition) is 6. The van der Waals surface area contributed by atoms with E-state index in [0.717, 1.165) is 60.8 Å². The van der Waals surface area contributed by atoms with Gasteiger partial charge in [-0.1, -0.05) is 82.1 Å². The van der Waals surface area contributed by atoms with E-state index in [0.29, 0.717) is 0 Å². The van der Waals surface area contributed by atoms with Crippen molar-refractivity contribution in [1.29, 1.82) is 0 Å². The van der Waals surface area contributed by atoms with Crippen LogP contribution in [0.5, 0.6) is 0 Å². The molecule has 2 aromatic rings. The average Bonchev–Trinajstić information content (AvgIpc) is 2.90. The third-order valence-corrected chi connectivity index (χ3v) is 7.46. The van der Waals surface area contributed by atoms with Crippen LogP contribution in [-0.4, -0.2) is 66.8 Å². The molecule has 202 valence electrons. The first-order valence-corrected chi connectivity index (χ1v) is 13.4. The number of benzene rings is 2. The Morgan fingerprint density at radius 2 is 1.14 bits per heavy atom. The van der Waals surface area contributed by atoms with Crippen molar-refractivity contribution in [3.8, 4) is 0 Å². The van der Waals surface area contributed by atoms with E-state index < -0.39 is 36.1 Å². The molecule has 0 aliphatic rings. The van der Waals surface area contributed by atoms with Crippen molar-refractivity contribution >= 4 is 0 Å². The molecule has 0 saturated heterocycles. The van der Waals surface area contributed by atoms with Gasteiger partial charge in [-0.2, -0.15) is 0 Å². The van der Waals surface area contributed by atoms with Gasteiger partial charge in [0.1, 0.15) is 23.9 Å². The van der Waals surface area contributed by atoms with Gasteiger partial charge in [0.15, 0.2) is 0 Å². The molecular weight excluding hydrogens is 456 g/mol. The molecule has 0 aliphatic carbocycles. The molecule has 0 fully saturated rings. The zero-order chi connectivity index (χ0) is 26.8. The van der Waals surface area contributed by atoms with Crippen molar-refractivity contribution < 1.29 is 30.6 Å². The predicted octanol–water partition coefficient (Wildman–Crippen LogP) is 3.10. The molecule has 0 aliphatic heterocycles. The predicted molar refractivity (Wildman–Crippen MR) is 143 cm³/mol. The van der Waals surface area contributed by atoms with E-state index in [-0.39, 0.29) is 19.3 Å². The quantitative estimate of drug-likeness (QED) is 0.210. The lowest BCUT2D eigenvalue weighted by atomic mass is 9.71. The molecule has 1 unspecified atom stereocenters. The summed E-state index contributed by atoms with van der Waals surface area (Å²) >= 11 is 0. The van der Waals surface area contributed by atoms with Gasteiger partial charge in [-0.15, -0.1) is 0 Å². The summed E-state index contributed by atoms with van der Waals surface area (Å²) in [5, 5.41) is 66.1. The maximum absolute atomic E-state index is 11.9. The van der Waals surface area contributed by atoms with Crippen molar-refractivity contribution in [2.75, 3.05) is 6.61 Å². The van der Waals surface area contributed by atoms with E-state index in [1.165, 1.54) is 0 Å². The van der Waals surface area contributed by atoms with Crippen molar-refractivity contribution in [3.63, 3.8) is 0 Å². The maximum Gasteiger partial charge on any atom is 0.126 e. The first kappa shape index (κ1) is 30.4. The van der Waals surface area contributed by atoms with Crippen molar-refractivity contribution in [3.05, 3.63) is 70.8 Å². The van der Waals surface area contributed by atoms with Crippen LogP contribution in [0.15, 0.2) is 48.5 Å². The summed E-state index contributed by atoms with van der Waals surface area (Å²) in [6, 6.07) is 15.2. The Balaban J connectivity index is 2.50. The van der Waals surface area contributed by atoms with Gasteiger partial charge in [-0.05, 0) is 54.4 Å². The van der Waals surface area contributed by atoms with Gasteiger partial charge in [-0.3, -0.25) is 0 Å². The van der Waals surface area contributed by atoms with Crippen molar-refractivity contribution in [2.24, 2.45) is 0 Å². The highest BCUT2D eigenvalue weighted by atomic mass is 16.4. The molecule has 0 bridgehead atoms. The fourth-order valence-corrected chi connectivity index (χ4v) is 4.99. The number of aryl methyl sites for hydroxylation is 2. The number of rotatable bonds is 16. The lowest BCUT2D eigenvalue weighted by Gasteiger charge is -2.46. The summed E-state index contributed by atoms with van der Waals surface area (Å²) < 4.78 is 0. The number of hydrogen-bond donors (Lipinski definition) is 6. The van der Waals surface area contributed by atoms with Gasteiger partial charge in [0.05, 0.1) is 12.2 Å². The summed E-state index contributed by atoms with van der Waals surface area (Å²) in [5.41, 5.74) is -0.460. The van der Waals surface area contributed by atoms with E-state index >= 15 is 0 Å². The highest BCUT2D eigenvalue weighted by Gasteiger charge is 2.54. The molecule has 6 N–H and O–H groups in total. The topological polar surface area (TPSA) is 121 Å². The molecule has 0 aromatic heterocycles. The maximum atomic E-state index is 11.9. The Kier molecular flexibility index (Phi) is 12.0. The Morgan fingerprint density at radius 3 is 1.56 bits per heavy atom. The van der Waals surface area contributed by atoms with Crippen LogP contribution < -0.4 is 0 Å². The van der Waals surface area contributed by atoms with Crippen LogP contribution in [0, 0.1) is 0 Å². The van der Waals surface area contributed by atoms with Gasteiger partial charge in [0.25, 0.3) is 0 Å². The van der Waals surface area contributed by atoms with E-state index in [1.807, 2.05) is 48.5 Å². The Hall–Kier alpha value is -1.80.